The molecule has 2 rings (SSSR count). The van der Waals surface area contributed by atoms with E-state index in [1.165, 1.54) is 5.56 Å². The molecule has 0 aliphatic heterocycles. The number of nitrogens with zero attached hydrogens (tertiary/aromatic N) is 3. The molecule has 1 aromatic heterocycles. The van der Waals surface area contributed by atoms with Crippen LogP contribution in [0.5, 0.6) is 5.75 Å². The molecule has 0 radical (unpaired) electrons. The molecule has 0 saturated carbocycles. The third kappa shape index (κ3) is 2.87. The van der Waals surface area contributed by atoms with E-state index < -0.39 is 0 Å². The summed E-state index contributed by atoms with van der Waals surface area (Å²) >= 11 is 0. The molecule has 0 unspecified atom stereocenters. The Morgan fingerprint density at radius 1 is 1.44 bits per heavy atom. The van der Waals surface area contributed by atoms with Crippen LogP contribution in [0.2, 0.25) is 0 Å². The SMILES string of the molecule is Cc1ccc(OCc2cn(C)nn2)c([C@H](C)N)c1. The highest BCUT2D eigenvalue weighted by Crippen LogP contribution is 2.25. The van der Waals surface area contributed by atoms with E-state index in [-0.39, 0.29) is 6.04 Å². The lowest BCUT2D eigenvalue weighted by molar-refractivity contribution is 0.296. The molecule has 0 bridgehead atoms. The zero-order valence-corrected chi connectivity index (χ0v) is 10.9. The van der Waals surface area contributed by atoms with Crippen LogP contribution in [0.4, 0.5) is 0 Å². The number of aryl methyl sites for hydroxylation is 2. The topological polar surface area (TPSA) is 66.0 Å². The maximum absolute atomic E-state index is 5.94. The minimum atomic E-state index is -0.0539. The summed E-state index contributed by atoms with van der Waals surface area (Å²) in [5, 5.41) is 7.84. The van der Waals surface area contributed by atoms with Crippen molar-refractivity contribution in [2.75, 3.05) is 0 Å². The minimum absolute atomic E-state index is 0.0539. The van der Waals surface area contributed by atoms with E-state index in [0.29, 0.717) is 6.61 Å². The molecule has 5 nitrogen and oxygen atoms in total. The largest absolute Gasteiger partial charge is 0.487 e. The third-order valence-corrected chi connectivity index (χ3v) is 2.68. The second-order valence-electron chi connectivity index (χ2n) is 4.50. The summed E-state index contributed by atoms with van der Waals surface area (Å²) < 4.78 is 7.41. The number of benzene rings is 1. The molecule has 0 aliphatic carbocycles. The van der Waals surface area contributed by atoms with E-state index in [2.05, 4.69) is 16.4 Å². The van der Waals surface area contributed by atoms with Crippen molar-refractivity contribution in [3.05, 3.63) is 41.2 Å². The van der Waals surface area contributed by atoms with E-state index in [9.17, 15) is 0 Å². The Hall–Kier alpha value is -1.88. The van der Waals surface area contributed by atoms with Crippen molar-refractivity contribution in [3.8, 4) is 5.75 Å². The van der Waals surface area contributed by atoms with Crippen LogP contribution in [-0.2, 0) is 13.7 Å². The van der Waals surface area contributed by atoms with Crippen molar-refractivity contribution in [3.63, 3.8) is 0 Å². The summed E-state index contributed by atoms with van der Waals surface area (Å²) in [5.74, 6) is 0.807. The van der Waals surface area contributed by atoms with Gasteiger partial charge in [0.15, 0.2) is 0 Å². The highest BCUT2D eigenvalue weighted by atomic mass is 16.5. The van der Waals surface area contributed by atoms with Gasteiger partial charge >= 0.3 is 0 Å². The predicted molar refractivity (Wildman–Crippen MR) is 69.1 cm³/mol. The Kier molecular flexibility index (Phi) is 3.62. The van der Waals surface area contributed by atoms with Gasteiger partial charge in [-0.3, -0.25) is 4.68 Å². The maximum atomic E-state index is 5.94. The summed E-state index contributed by atoms with van der Waals surface area (Å²) in [6.07, 6.45) is 1.83. The normalized spacial score (nSPS) is 12.4. The summed E-state index contributed by atoms with van der Waals surface area (Å²) in [4.78, 5) is 0. The minimum Gasteiger partial charge on any atom is -0.487 e. The van der Waals surface area contributed by atoms with Crippen molar-refractivity contribution in [1.29, 1.82) is 0 Å². The molecule has 5 heteroatoms. The number of ether oxygens (including phenoxy) is 1. The molecule has 18 heavy (non-hydrogen) atoms. The fourth-order valence-corrected chi connectivity index (χ4v) is 1.77. The molecule has 2 aromatic rings. The molecule has 2 N–H and O–H groups in total. The quantitative estimate of drug-likeness (QED) is 0.892. The van der Waals surface area contributed by atoms with Crippen molar-refractivity contribution < 1.29 is 4.74 Å². The standard InChI is InChI=1S/C13H18N4O/c1-9-4-5-13(12(6-9)10(2)14)18-8-11-7-17(3)16-15-11/h4-7,10H,8,14H2,1-3H3/t10-/m0/s1. The van der Waals surface area contributed by atoms with Gasteiger partial charge in [0.25, 0.3) is 0 Å². The fraction of sp³-hybridized carbons (Fsp3) is 0.385. The molecule has 0 aliphatic rings. The van der Waals surface area contributed by atoms with Gasteiger partial charge in [0, 0.05) is 18.7 Å². The summed E-state index contributed by atoms with van der Waals surface area (Å²) in [7, 11) is 1.83. The van der Waals surface area contributed by atoms with Gasteiger partial charge in [-0.2, -0.15) is 0 Å². The Morgan fingerprint density at radius 3 is 2.83 bits per heavy atom. The van der Waals surface area contributed by atoms with Gasteiger partial charge in [-0.05, 0) is 19.9 Å². The van der Waals surface area contributed by atoms with Crippen LogP contribution in [0.25, 0.3) is 0 Å². The Labute approximate surface area is 107 Å². The van der Waals surface area contributed by atoms with Crippen LogP contribution in [-0.4, -0.2) is 15.0 Å². The maximum Gasteiger partial charge on any atom is 0.134 e. The average molecular weight is 246 g/mol. The van der Waals surface area contributed by atoms with Crippen LogP contribution in [0.15, 0.2) is 24.4 Å². The highest BCUT2D eigenvalue weighted by molar-refractivity contribution is 5.38. The second kappa shape index (κ2) is 5.18. The van der Waals surface area contributed by atoms with Crippen molar-refractivity contribution in [2.45, 2.75) is 26.5 Å². The number of nitrogens with two attached hydrogens (primary N) is 1. The number of hydrogen-bond acceptors (Lipinski definition) is 4. The molecular weight excluding hydrogens is 228 g/mol. The first-order valence-corrected chi connectivity index (χ1v) is 5.90. The van der Waals surface area contributed by atoms with Crippen molar-refractivity contribution >= 4 is 0 Å². The van der Waals surface area contributed by atoms with E-state index in [1.54, 1.807) is 4.68 Å². The molecule has 0 saturated heterocycles. The fourth-order valence-electron chi connectivity index (χ4n) is 1.77. The first kappa shape index (κ1) is 12.6. The van der Waals surface area contributed by atoms with Gasteiger partial charge in [-0.1, -0.05) is 22.9 Å². The first-order valence-electron chi connectivity index (χ1n) is 5.90. The van der Waals surface area contributed by atoms with Crippen molar-refractivity contribution in [1.82, 2.24) is 15.0 Å². The van der Waals surface area contributed by atoms with Gasteiger partial charge in [0.05, 0.1) is 6.20 Å². The van der Waals surface area contributed by atoms with E-state index in [4.69, 9.17) is 10.5 Å². The van der Waals surface area contributed by atoms with Crippen LogP contribution < -0.4 is 10.5 Å². The average Bonchev–Trinajstić information content (AvgIpc) is 2.73. The van der Waals surface area contributed by atoms with Crippen LogP contribution in [0, 0.1) is 6.92 Å². The predicted octanol–water partition coefficient (Wildman–Crippen LogP) is 1.72. The van der Waals surface area contributed by atoms with E-state index in [1.807, 2.05) is 39.2 Å². The Balaban J connectivity index is 2.13. The number of aromatic nitrogens is 3. The van der Waals surface area contributed by atoms with Gasteiger partial charge < -0.3 is 10.5 Å². The van der Waals surface area contributed by atoms with Crippen LogP contribution in [0.3, 0.4) is 0 Å². The van der Waals surface area contributed by atoms with Gasteiger partial charge in [-0.25, -0.2) is 0 Å². The van der Waals surface area contributed by atoms with Gasteiger partial charge in [-0.15, -0.1) is 5.10 Å². The third-order valence-electron chi connectivity index (χ3n) is 2.68. The lowest BCUT2D eigenvalue weighted by Crippen LogP contribution is -2.08. The molecule has 96 valence electrons. The molecular formula is C13H18N4O. The summed E-state index contributed by atoms with van der Waals surface area (Å²) in [5.41, 5.74) is 8.93. The van der Waals surface area contributed by atoms with Crippen LogP contribution in [0.1, 0.15) is 29.8 Å². The van der Waals surface area contributed by atoms with Crippen LogP contribution >= 0.6 is 0 Å². The number of hydrogen-bond donors (Lipinski definition) is 1. The zero-order chi connectivity index (χ0) is 13.1. The molecule has 1 atom stereocenters. The molecule has 1 heterocycles. The molecule has 1 aromatic carbocycles. The monoisotopic (exact) mass is 246 g/mol. The highest BCUT2D eigenvalue weighted by Gasteiger charge is 2.09. The molecule has 0 spiro atoms. The van der Waals surface area contributed by atoms with E-state index >= 15 is 0 Å². The Morgan fingerprint density at radius 2 is 2.22 bits per heavy atom. The van der Waals surface area contributed by atoms with Gasteiger partial charge in [0.2, 0.25) is 0 Å². The number of rotatable bonds is 4. The summed E-state index contributed by atoms with van der Waals surface area (Å²) in [6, 6.07) is 5.96. The van der Waals surface area contributed by atoms with E-state index in [0.717, 1.165) is 17.0 Å². The second-order valence-corrected chi connectivity index (χ2v) is 4.50. The lowest BCUT2D eigenvalue weighted by atomic mass is 10.1. The zero-order valence-electron chi connectivity index (χ0n) is 10.9. The first-order chi connectivity index (χ1) is 8.56. The van der Waals surface area contributed by atoms with Crippen molar-refractivity contribution in [2.24, 2.45) is 12.8 Å². The summed E-state index contributed by atoms with van der Waals surface area (Å²) in [6.45, 7) is 4.39. The smallest absolute Gasteiger partial charge is 0.134 e. The lowest BCUT2D eigenvalue weighted by Gasteiger charge is -2.14. The Bertz CT molecular complexity index is 534. The molecule has 0 amide bonds. The molecule has 0 fully saturated rings. The van der Waals surface area contributed by atoms with Gasteiger partial charge in [0.1, 0.15) is 18.1 Å².